The third-order valence-corrected chi connectivity index (χ3v) is 6.34. The van der Waals surface area contributed by atoms with Crippen molar-refractivity contribution in [2.24, 2.45) is 5.92 Å². The molecule has 170 valence electrons. The van der Waals surface area contributed by atoms with Gasteiger partial charge in [-0.25, -0.2) is 8.78 Å². The molecule has 1 aliphatic carbocycles. The van der Waals surface area contributed by atoms with Crippen LogP contribution in [0.25, 0.3) is 0 Å². The van der Waals surface area contributed by atoms with Crippen LogP contribution in [0.3, 0.4) is 0 Å². The van der Waals surface area contributed by atoms with E-state index >= 15 is 0 Å². The third-order valence-electron chi connectivity index (χ3n) is 6.34. The molecule has 3 aliphatic rings. The summed E-state index contributed by atoms with van der Waals surface area (Å²) in [4.78, 5) is 28.2. The number of rotatable bonds is 8. The largest absolute Gasteiger partial charge is 0.493 e. The molecule has 1 atom stereocenters. The van der Waals surface area contributed by atoms with Gasteiger partial charge in [0, 0.05) is 38.0 Å². The molecule has 2 aliphatic heterocycles. The summed E-state index contributed by atoms with van der Waals surface area (Å²) in [5.74, 6) is -1.82. The highest BCUT2D eigenvalue weighted by molar-refractivity contribution is 5.83. The summed E-state index contributed by atoms with van der Waals surface area (Å²) in [5, 5.41) is 2.81. The van der Waals surface area contributed by atoms with E-state index in [2.05, 4.69) is 5.32 Å². The molecule has 1 aromatic rings. The number of benzene rings is 1. The Kier molecular flexibility index (Phi) is 6.05. The van der Waals surface area contributed by atoms with Gasteiger partial charge in [-0.2, -0.15) is 0 Å². The average molecular weight is 437 g/mol. The lowest BCUT2D eigenvalue weighted by atomic mass is 10.0. The highest BCUT2D eigenvalue weighted by Crippen LogP contribution is 2.37. The van der Waals surface area contributed by atoms with Crippen molar-refractivity contribution in [1.82, 2.24) is 15.1 Å². The SMILES string of the molecule is COc1ccc(CCNC(=O)[C@@H]2CC(F)(F)CN2C2CN(C(=O)C3CC3)C2)cc1OC. The number of halogens is 2. The van der Waals surface area contributed by atoms with Gasteiger partial charge in [-0.05, 0) is 37.0 Å². The van der Waals surface area contributed by atoms with Gasteiger partial charge >= 0.3 is 0 Å². The summed E-state index contributed by atoms with van der Waals surface area (Å²) in [7, 11) is 3.11. The number of carbonyl (C=O) groups excluding carboxylic acids is 2. The van der Waals surface area contributed by atoms with Crippen molar-refractivity contribution < 1.29 is 27.8 Å². The maximum Gasteiger partial charge on any atom is 0.262 e. The van der Waals surface area contributed by atoms with Gasteiger partial charge < -0.3 is 19.7 Å². The first kappa shape index (κ1) is 21.8. The molecule has 4 rings (SSSR count). The molecule has 2 saturated heterocycles. The molecular formula is C22H29F2N3O4. The molecule has 0 radical (unpaired) electrons. The third kappa shape index (κ3) is 4.76. The topological polar surface area (TPSA) is 71.1 Å². The Morgan fingerprint density at radius 2 is 1.87 bits per heavy atom. The van der Waals surface area contributed by atoms with Gasteiger partial charge in [0.2, 0.25) is 11.8 Å². The summed E-state index contributed by atoms with van der Waals surface area (Å²) in [5.41, 5.74) is 0.944. The Hall–Kier alpha value is -2.42. The van der Waals surface area contributed by atoms with Gasteiger partial charge in [0.05, 0.1) is 26.8 Å². The minimum atomic E-state index is -2.90. The van der Waals surface area contributed by atoms with E-state index < -0.39 is 24.9 Å². The van der Waals surface area contributed by atoms with E-state index in [4.69, 9.17) is 9.47 Å². The van der Waals surface area contributed by atoms with Gasteiger partial charge in [0.1, 0.15) is 0 Å². The Bertz CT molecular complexity index is 840. The summed E-state index contributed by atoms with van der Waals surface area (Å²) in [6.07, 6.45) is 1.91. The van der Waals surface area contributed by atoms with Gasteiger partial charge in [-0.3, -0.25) is 14.5 Å². The second-order valence-corrected chi connectivity index (χ2v) is 8.65. The van der Waals surface area contributed by atoms with Crippen molar-refractivity contribution >= 4 is 11.8 Å². The van der Waals surface area contributed by atoms with E-state index in [1.54, 1.807) is 30.1 Å². The number of hydrogen-bond donors (Lipinski definition) is 1. The van der Waals surface area contributed by atoms with Crippen molar-refractivity contribution in [2.45, 2.75) is 43.7 Å². The highest BCUT2D eigenvalue weighted by Gasteiger charge is 2.53. The fourth-order valence-electron chi connectivity index (χ4n) is 4.39. The Morgan fingerprint density at radius 1 is 1.16 bits per heavy atom. The first-order valence-corrected chi connectivity index (χ1v) is 10.7. The van der Waals surface area contributed by atoms with Crippen LogP contribution in [0.1, 0.15) is 24.8 Å². The molecule has 1 aromatic carbocycles. The zero-order chi connectivity index (χ0) is 22.2. The number of alkyl halides is 2. The lowest BCUT2D eigenvalue weighted by Gasteiger charge is -2.45. The monoisotopic (exact) mass is 437 g/mol. The van der Waals surface area contributed by atoms with Crippen molar-refractivity contribution in [3.63, 3.8) is 0 Å². The molecule has 2 heterocycles. The number of carbonyl (C=O) groups is 2. The smallest absolute Gasteiger partial charge is 0.262 e. The summed E-state index contributed by atoms with van der Waals surface area (Å²) in [6.45, 7) is 0.764. The Morgan fingerprint density at radius 3 is 2.52 bits per heavy atom. The normalized spacial score (nSPS) is 23.4. The minimum Gasteiger partial charge on any atom is -0.493 e. The zero-order valence-corrected chi connectivity index (χ0v) is 17.9. The molecular weight excluding hydrogens is 408 g/mol. The zero-order valence-electron chi connectivity index (χ0n) is 17.9. The Balaban J connectivity index is 1.30. The van der Waals surface area contributed by atoms with Crippen LogP contribution in [0.4, 0.5) is 8.78 Å². The first-order valence-electron chi connectivity index (χ1n) is 10.7. The molecule has 0 bridgehead atoms. The molecule has 0 spiro atoms. The quantitative estimate of drug-likeness (QED) is 0.670. The molecule has 31 heavy (non-hydrogen) atoms. The van der Waals surface area contributed by atoms with E-state index in [1.165, 1.54) is 0 Å². The van der Waals surface area contributed by atoms with Crippen LogP contribution in [0.5, 0.6) is 11.5 Å². The van der Waals surface area contributed by atoms with Crippen molar-refractivity contribution in [3.8, 4) is 11.5 Å². The van der Waals surface area contributed by atoms with Crippen LogP contribution in [0.15, 0.2) is 18.2 Å². The summed E-state index contributed by atoms with van der Waals surface area (Å²) >= 11 is 0. The number of ether oxygens (including phenoxy) is 2. The summed E-state index contributed by atoms with van der Waals surface area (Å²) in [6, 6.07) is 4.45. The standard InChI is InChI=1S/C22H29F2N3O4/c1-30-18-6-3-14(9-19(18)31-2)7-8-25-20(28)17-10-22(23,24)13-27(17)16-11-26(12-16)21(29)15-4-5-15/h3,6,9,15-17H,4-5,7-8,10-13H2,1-2H3,(H,25,28)/t17-/m0/s1. The second-order valence-electron chi connectivity index (χ2n) is 8.65. The van der Waals surface area contributed by atoms with Gasteiger partial charge in [-0.1, -0.05) is 6.07 Å². The van der Waals surface area contributed by atoms with Crippen LogP contribution in [0.2, 0.25) is 0 Å². The second kappa shape index (κ2) is 8.61. The first-order chi connectivity index (χ1) is 14.8. The van der Waals surface area contributed by atoms with Gasteiger partial charge in [0.25, 0.3) is 5.92 Å². The minimum absolute atomic E-state index is 0.122. The summed E-state index contributed by atoms with van der Waals surface area (Å²) < 4.78 is 38.8. The van der Waals surface area contributed by atoms with E-state index in [0.29, 0.717) is 37.6 Å². The lowest BCUT2D eigenvalue weighted by Crippen LogP contribution is -2.64. The van der Waals surface area contributed by atoms with Gasteiger partial charge in [-0.15, -0.1) is 0 Å². The maximum absolute atomic E-state index is 14.1. The molecule has 1 saturated carbocycles. The molecule has 3 fully saturated rings. The number of amides is 2. The molecule has 7 nitrogen and oxygen atoms in total. The fraction of sp³-hybridized carbons (Fsp3) is 0.636. The molecule has 0 aromatic heterocycles. The lowest BCUT2D eigenvalue weighted by molar-refractivity contribution is -0.141. The van der Waals surface area contributed by atoms with Crippen LogP contribution >= 0.6 is 0 Å². The van der Waals surface area contributed by atoms with Crippen LogP contribution in [-0.2, 0) is 16.0 Å². The maximum atomic E-state index is 14.1. The number of hydrogen-bond acceptors (Lipinski definition) is 5. The molecule has 1 N–H and O–H groups in total. The molecule has 9 heteroatoms. The predicted molar refractivity (Wildman–Crippen MR) is 109 cm³/mol. The molecule has 0 unspecified atom stereocenters. The van der Waals surface area contributed by atoms with Crippen LogP contribution < -0.4 is 14.8 Å². The van der Waals surface area contributed by atoms with E-state index in [9.17, 15) is 18.4 Å². The van der Waals surface area contributed by atoms with Gasteiger partial charge in [0.15, 0.2) is 11.5 Å². The number of nitrogens with zero attached hydrogens (tertiary/aromatic N) is 2. The van der Waals surface area contributed by atoms with Crippen molar-refractivity contribution in [3.05, 3.63) is 23.8 Å². The highest BCUT2D eigenvalue weighted by atomic mass is 19.3. The fourth-order valence-corrected chi connectivity index (χ4v) is 4.39. The molecule has 2 amide bonds. The van der Waals surface area contributed by atoms with Crippen LogP contribution in [-0.4, -0.2) is 80.0 Å². The number of likely N-dealkylation sites (tertiary alicyclic amines) is 2. The number of methoxy groups -OCH3 is 2. The van der Waals surface area contributed by atoms with Crippen molar-refractivity contribution in [2.75, 3.05) is 40.4 Å². The van der Waals surface area contributed by atoms with E-state index in [-0.39, 0.29) is 23.8 Å². The predicted octanol–water partition coefficient (Wildman–Crippen LogP) is 1.69. The van der Waals surface area contributed by atoms with E-state index in [1.807, 2.05) is 12.1 Å². The number of nitrogens with one attached hydrogen (secondary N) is 1. The Labute approximate surface area is 180 Å². The van der Waals surface area contributed by atoms with E-state index in [0.717, 1.165) is 18.4 Å². The average Bonchev–Trinajstić information content (AvgIpc) is 3.50. The van der Waals surface area contributed by atoms with Crippen molar-refractivity contribution in [1.29, 1.82) is 0 Å². The van der Waals surface area contributed by atoms with Crippen LogP contribution in [0, 0.1) is 5.92 Å².